The Morgan fingerprint density at radius 1 is 1.50 bits per heavy atom. The van der Waals surface area contributed by atoms with Gasteiger partial charge in [-0.2, -0.15) is 0 Å². The third-order valence-electron chi connectivity index (χ3n) is 3.63. The van der Waals surface area contributed by atoms with Crippen LogP contribution in [-0.4, -0.2) is 29.6 Å². The van der Waals surface area contributed by atoms with Crippen LogP contribution in [-0.2, 0) is 6.54 Å². The Hall–Kier alpha value is -0.450. The molecule has 4 heteroatoms. The molecule has 1 aliphatic rings. The summed E-state index contributed by atoms with van der Waals surface area (Å²) >= 11 is 3.34. The Balaban J connectivity index is 2.19. The molecule has 0 radical (unpaired) electrons. The number of rotatable bonds is 2. The van der Waals surface area contributed by atoms with E-state index >= 15 is 0 Å². The van der Waals surface area contributed by atoms with Gasteiger partial charge < -0.3 is 5.32 Å². The van der Waals surface area contributed by atoms with Crippen molar-refractivity contribution in [3.8, 4) is 0 Å². The van der Waals surface area contributed by atoms with Crippen molar-refractivity contribution >= 4 is 15.9 Å². The van der Waals surface area contributed by atoms with Gasteiger partial charge in [-0.25, -0.2) is 4.39 Å². The summed E-state index contributed by atoms with van der Waals surface area (Å²) in [6.07, 6.45) is 0. The van der Waals surface area contributed by atoms with Crippen LogP contribution in [0.4, 0.5) is 4.39 Å². The lowest BCUT2D eigenvalue weighted by atomic mass is 9.97. The summed E-state index contributed by atoms with van der Waals surface area (Å²) in [5.41, 5.74) is 1.11. The van der Waals surface area contributed by atoms with Gasteiger partial charge >= 0.3 is 0 Å². The number of nitrogens with one attached hydrogen (secondary N) is 1. The molecule has 1 aromatic rings. The monoisotopic (exact) mass is 314 g/mol. The number of benzene rings is 1. The maximum atomic E-state index is 13.5. The molecule has 0 aromatic heterocycles. The summed E-state index contributed by atoms with van der Waals surface area (Å²) in [5, 5.41) is 3.49. The third-order valence-corrected chi connectivity index (χ3v) is 4.51. The third kappa shape index (κ3) is 2.92. The van der Waals surface area contributed by atoms with Crippen molar-refractivity contribution < 1.29 is 4.39 Å². The van der Waals surface area contributed by atoms with Gasteiger partial charge in [-0.1, -0.05) is 12.1 Å². The normalized spacial score (nSPS) is 24.2. The molecular formula is C14H20BrFN2. The Kier molecular flexibility index (Phi) is 4.09. The molecule has 1 heterocycles. The largest absolute Gasteiger partial charge is 0.311 e. The SMILES string of the molecule is CC1CN(Cc2cccc(F)c2Br)C(C)(C)CN1. The highest BCUT2D eigenvalue weighted by Crippen LogP contribution is 2.26. The van der Waals surface area contributed by atoms with E-state index in [0.717, 1.165) is 25.2 Å². The maximum absolute atomic E-state index is 13.5. The van der Waals surface area contributed by atoms with Crippen LogP contribution in [0, 0.1) is 5.82 Å². The number of halogens is 2. The molecule has 1 N–H and O–H groups in total. The van der Waals surface area contributed by atoms with E-state index in [4.69, 9.17) is 0 Å². The van der Waals surface area contributed by atoms with Crippen LogP contribution in [0.1, 0.15) is 26.3 Å². The van der Waals surface area contributed by atoms with Crippen molar-refractivity contribution in [3.05, 3.63) is 34.1 Å². The van der Waals surface area contributed by atoms with E-state index in [9.17, 15) is 4.39 Å². The highest BCUT2D eigenvalue weighted by molar-refractivity contribution is 9.10. The van der Waals surface area contributed by atoms with E-state index in [2.05, 4.69) is 46.9 Å². The smallest absolute Gasteiger partial charge is 0.137 e. The van der Waals surface area contributed by atoms with E-state index in [1.807, 2.05) is 6.07 Å². The lowest BCUT2D eigenvalue weighted by Crippen LogP contribution is -2.60. The van der Waals surface area contributed by atoms with Crippen LogP contribution >= 0.6 is 15.9 Å². The van der Waals surface area contributed by atoms with Crippen LogP contribution in [0.5, 0.6) is 0 Å². The van der Waals surface area contributed by atoms with Crippen LogP contribution in [0.25, 0.3) is 0 Å². The molecule has 1 aromatic carbocycles. The van der Waals surface area contributed by atoms with Crippen molar-refractivity contribution in [3.63, 3.8) is 0 Å². The Morgan fingerprint density at radius 2 is 2.22 bits per heavy atom. The fraction of sp³-hybridized carbons (Fsp3) is 0.571. The minimum Gasteiger partial charge on any atom is -0.311 e. The van der Waals surface area contributed by atoms with E-state index in [1.54, 1.807) is 6.07 Å². The highest BCUT2D eigenvalue weighted by Gasteiger charge is 2.32. The Labute approximate surface area is 117 Å². The fourth-order valence-corrected chi connectivity index (χ4v) is 2.72. The summed E-state index contributed by atoms with van der Waals surface area (Å²) in [6.45, 7) is 9.34. The second-order valence-electron chi connectivity index (χ2n) is 5.69. The first-order valence-electron chi connectivity index (χ1n) is 6.31. The molecule has 1 fully saturated rings. The van der Waals surface area contributed by atoms with Gasteiger partial charge in [0.2, 0.25) is 0 Å². The van der Waals surface area contributed by atoms with E-state index < -0.39 is 0 Å². The fourth-order valence-electron chi connectivity index (χ4n) is 2.33. The predicted octanol–water partition coefficient (Wildman–Crippen LogP) is 3.16. The van der Waals surface area contributed by atoms with Crippen LogP contribution < -0.4 is 5.32 Å². The molecule has 2 rings (SSSR count). The van der Waals surface area contributed by atoms with Crippen molar-refractivity contribution in [1.29, 1.82) is 0 Å². The second kappa shape index (κ2) is 5.27. The van der Waals surface area contributed by atoms with E-state index in [1.165, 1.54) is 6.07 Å². The zero-order valence-corrected chi connectivity index (χ0v) is 12.7. The topological polar surface area (TPSA) is 15.3 Å². The Morgan fingerprint density at radius 3 is 2.94 bits per heavy atom. The van der Waals surface area contributed by atoms with Gasteiger partial charge in [-0.05, 0) is 48.3 Å². The summed E-state index contributed by atoms with van der Waals surface area (Å²) in [5.74, 6) is -0.187. The lowest BCUT2D eigenvalue weighted by molar-refractivity contribution is 0.0624. The predicted molar refractivity (Wildman–Crippen MR) is 76.1 cm³/mol. The molecule has 18 heavy (non-hydrogen) atoms. The van der Waals surface area contributed by atoms with Crippen LogP contribution in [0.2, 0.25) is 0 Å². The van der Waals surface area contributed by atoms with Gasteiger partial charge in [-0.15, -0.1) is 0 Å². The van der Waals surface area contributed by atoms with E-state index in [-0.39, 0.29) is 11.4 Å². The summed E-state index contributed by atoms with van der Waals surface area (Å²) in [6, 6.07) is 5.72. The molecule has 100 valence electrons. The number of nitrogens with zero attached hydrogens (tertiary/aromatic N) is 1. The molecule has 1 atom stereocenters. The van der Waals surface area contributed by atoms with Gasteiger partial charge in [0, 0.05) is 31.2 Å². The molecule has 0 bridgehead atoms. The second-order valence-corrected chi connectivity index (χ2v) is 6.48. The quantitative estimate of drug-likeness (QED) is 0.902. The first-order valence-corrected chi connectivity index (χ1v) is 7.11. The van der Waals surface area contributed by atoms with Crippen molar-refractivity contribution in [2.75, 3.05) is 13.1 Å². The number of hydrogen-bond acceptors (Lipinski definition) is 2. The highest BCUT2D eigenvalue weighted by atomic mass is 79.9. The average Bonchev–Trinajstić information content (AvgIpc) is 2.30. The molecule has 0 aliphatic carbocycles. The average molecular weight is 315 g/mol. The molecular weight excluding hydrogens is 295 g/mol. The van der Waals surface area contributed by atoms with Crippen LogP contribution in [0.3, 0.4) is 0 Å². The summed E-state index contributed by atoms with van der Waals surface area (Å²) in [7, 11) is 0. The molecule has 0 spiro atoms. The molecule has 0 amide bonds. The van der Waals surface area contributed by atoms with Crippen molar-refractivity contribution in [1.82, 2.24) is 10.2 Å². The molecule has 2 nitrogen and oxygen atoms in total. The molecule has 1 saturated heterocycles. The van der Waals surface area contributed by atoms with Crippen molar-refractivity contribution in [2.45, 2.75) is 38.9 Å². The Bertz CT molecular complexity index is 434. The van der Waals surface area contributed by atoms with Gasteiger partial charge in [0.1, 0.15) is 5.82 Å². The maximum Gasteiger partial charge on any atom is 0.137 e. The van der Waals surface area contributed by atoms with Gasteiger partial charge in [0.15, 0.2) is 0 Å². The van der Waals surface area contributed by atoms with Gasteiger partial charge in [0.05, 0.1) is 4.47 Å². The summed E-state index contributed by atoms with van der Waals surface area (Å²) in [4.78, 5) is 2.41. The zero-order chi connectivity index (χ0) is 13.3. The van der Waals surface area contributed by atoms with Gasteiger partial charge in [-0.3, -0.25) is 4.90 Å². The first-order chi connectivity index (χ1) is 8.40. The number of piperazine rings is 1. The standard InChI is InChI=1S/C14H20BrFN2/c1-10-7-18(14(2,3)9-17-10)8-11-5-4-6-12(16)13(11)15/h4-6,10,17H,7-9H2,1-3H3. The van der Waals surface area contributed by atoms with Crippen LogP contribution in [0.15, 0.2) is 22.7 Å². The molecule has 1 unspecified atom stereocenters. The van der Waals surface area contributed by atoms with Crippen molar-refractivity contribution in [2.24, 2.45) is 0 Å². The molecule has 0 saturated carbocycles. The zero-order valence-electron chi connectivity index (χ0n) is 11.1. The lowest BCUT2D eigenvalue weighted by Gasteiger charge is -2.45. The molecule has 1 aliphatic heterocycles. The van der Waals surface area contributed by atoms with Gasteiger partial charge in [0.25, 0.3) is 0 Å². The number of hydrogen-bond donors (Lipinski definition) is 1. The van der Waals surface area contributed by atoms with E-state index in [0.29, 0.717) is 10.5 Å². The summed E-state index contributed by atoms with van der Waals surface area (Å²) < 4.78 is 14.1. The first kappa shape index (κ1) is 14.0. The minimum atomic E-state index is -0.187. The minimum absolute atomic E-state index is 0.0955.